The summed E-state index contributed by atoms with van der Waals surface area (Å²) < 4.78 is 29.4. The molecule has 0 fully saturated rings. The van der Waals surface area contributed by atoms with Crippen LogP contribution in [-0.2, 0) is 14.9 Å². The Labute approximate surface area is 75.9 Å². The molecule has 0 aliphatic rings. The van der Waals surface area contributed by atoms with Crippen LogP contribution in [0, 0.1) is 0 Å². The van der Waals surface area contributed by atoms with Gasteiger partial charge in [-0.1, -0.05) is 0 Å². The van der Waals surface area contributed by atoms with Crippen LogP contribution in [0.4, 0.5) is 5.69 Å². The zero-order valence-electron chi connectivity index (χ0n) is 6.67. The van der Waals surface area contributed by atoms with E-state index in [0.29, 0.717) is 5.69 Å². The Kier molecular flexibility index (Phi) is 4.09. The lowest BCUT2D eigenvalue weighted by atomic mass is 10.3. The van der Waals surface area contributed by atoms with Crippen molar-refractivity contribution >= 4 is 22.6 Å². The van der Waals surface area contributed by atoms with Gasteiger partial charge in [-0.2, -0.15) is 8.42 Å². The lowest BCUT2D eigenvalue weighted by Gasteiger charge is -1.95. The lowest BCUT2D eigenvalue weighted by Crippen LogP contribution is -1.97. The van der Waals surface area contributed by atoms with Gasteiger partial charge in [-0.05, 0) is 24.3 Å². The van der Waals surface area contributed by atoms with Gasteiger partial charge in [0.15, 0.2) is 0 Å². The molecule has 0 aliphatic carbocycles. The molecule has 0 aliphatic heterocycles. The monoisotopic (exact) mass is 203 g/mol. The maximum Gasteiger partial charge on any atom is 0.294 e. The van der Waals surface area contributed by atoms with E-state index in [1.54, 1.807) is 0 Å². The second kappa shape index (κ2) is 4.58. The predicted octanol–water partition coefficient (Wildman–Crippen LogP) is 0.331. The summed E-state index contributed by atoms with van der Waals surface area (Å²) in [6.07, 6.45) is 0. The van der Waals surface area contributed by atoms with Crippen molar-refractivity contribution in [3.05, 3.63) is 24.3 Å². The molecule has 0 saturated carbocycles. The smallest absolute Gasteiger partial charge is 0.294 e. The molecule has 0 amide bonds. The van der Waals surface area contributed by atoms with Gasteiger partial charge in [0.2, 0.25) is 0 Å². The van der Waals surface area contributed by atoms with Gasteiger partial charge in [-0.15, -0.1) is 0 Å². The molecule has 0 bridgehead atoms. The molecule has 0 spiro atoms. The number of carbonyl (C=O) groups is 1. The van der Waals surface area contributed by atoms with Crippen molar-refractivity contribution in [2.75, 3.05) is 5.73 Å². The van der Waals surface area contributed by atoms with Crippen LogP contribution in [0.2, 0.25) is 0 Å². The maximum atomic E-state index is 10.5. The molecule has 3 N–H and O–H groups in total. The number of hydrogen-bond donors (Lipinski definition) is 2. The first kappa shape index (κ1) is 11.6. The van der Waals surface area contributed by atoms with Crippen molar-refractivity contribution in [3.8, 4) is 0 Å². The number of carbonyl (C=O) groups excluding carboxylic acids is 1. The van der Waals surface area contributed by atoms with Crippen LogP contribution in [-0.4, -0.2) is 19.8 Å². The standard InChI is InChI=1S/C6H7NO3S.CH2O/c7-5-1-3-6(4-2-5)11(8,9)10;1-2/h1-4H,7H2,(H,8,9,10);1H2. The first-order chi connectivity index (χ1) is 6.00. The number of anilines is 1. The van der Waals surface area contributed by atoms with Gasteiger partial charge < -0.3 is 10.5 Å². The third-order valence-corrected chi connectivity index (χ3v) is 2.05. The van der Waals surface area contributed by atoms with Crippen LogP contribution >= 0.6 is 0 Å². The van der Waals surface area contributed by atoms with E-state index in [0.717, 1.165) is 0 Å². The van der Waals surface area contributed by atoms with Crippen molar-refractivity contribution in [2.24, 2.45) is 0 Å². The quantitative estimate of drug-likeness (QED) is 0.506. The van der Waals surface area contributed by atoms with Gasteiger partial charge in [0.05, 0.1) is 4.90 Å². The molecular formula is C7H9NO4S. The van der Waals surface area contributed by atoms with E-state index in [1.807, 2.05) is 6.79 Å². The molecule has 1 aromatic rings. The Morgan fingerprint density at radius 1 is 1.15 bits per heavy atom. The van der Waals surface area contributed by atoms with E-state index in [-0.39, 0.29) is 4.90 Å². The molecule has 0 heterocycles. The third kappa shape index (κ3) is 3.68. The minimum atomic E-state index is -4.08. The topological polar surface area (TPSA) is 97.5 Å². The van der Waals surface area contributed by atoms with Crippen LogP contribution in [0.15, 0.2) is 29.2 Å². The number of nitrogen functional groups attached to an aromatic ring is 1. The van der Waals surface area contributed by atoms with Crippen LogP contribution in [0.1, 0.15) is 0 Å². The average Bonchev–Trinajstić information content (AvgIpc) is 2.07. The maximum absolute atomic E-state index is 10.5. The predicted molar refractivity (Wildman–Crippen MR) is 47.8 cm³/mol. The summed E-state index contributed by atoms with van der Waals surface area (Å²) in [5, 5.41) is 0. The van der Waals surface area contributed by atoms with Crippen molar-refractivity contribution in [2.45, 2.75) is 4.90 Å². The van der Waals surface area contributed by atoms with Gasteiger partial charge in [-0.3, -0.25) is 4.55 Å². The molecule has 0 unspecified atom stereocenters. The minimum absolute atomic E-state index is 0.147. The summed E-state index contributed by atoms with van der Waals surface area (Å²) in [6.45, 7) is 2.00. The van der Waals surface area contributed by atoms with Crippen LogP contribution in [0.3, 0.4) is 0 Å². The van der Waals surface area contributed by atoms with Gasteiger partial charge in [0, 0.05) is 5.69 Å². The highest BCUT2D eigenvalue weighted by atomic mass is 32.2. The number of rotatable bonds is 1. The molecule has 1 aromatic carbocycles. The summed E-state index contributed by atoms with van der Waals surface area (Å²) in [5.41, 5.74) is 5.75. The average molecular weight is 203 g/mol. The van der Waals surface area contributed by atoms with E-state index >= 15 is 0 Å². The largest absolute Gasteiger partial charge is 0.399 e. The minimum Gasteiger partial charge on any atom is -0.399 e. The van der Waals surface area contributed by atoms with E-state index in [1.165, 1.54) is 24.3 Å². The van der Waals surface area contributed by atoms with Gasteiger partial charge >= 0.3 is 0 Å². The fraction of sp³-hybridized carbons (Fsp3) is 0. The molecule has 1 rings (SSSR count). The second-order valence-electron chi connectivity index (χ2n) is 2.04. The van der Waals surface area contributed by atoms with Crippen LogP contribution in [0.25, 0.3) is 0 Å². The SMILES string of the molecule is C=O.Nc1ccc(S(=O)(=O)O)cc1. The first-order valence-electron chi connectivity index (χ1n) is 3.12. The molecule has 0 atom stereocenters. The Morgan fingerprint density at radius 3 is 1.85 bits per heavy atom. The van der Waals surface area contributed by atoms with Gasteiger partial charge in [0.25, 0.3) is 10.1 Å². The highest BCUT2D eigenvalue weighted by molar-refractivity contribution is 7.85. The molecule has 0 radical (unpaired) electrons. The van der Waals surface area contributed by atoms with Crippen molar-refractivity contribution in [1.29, 1.82) is 0 Å². The van der Waals surface area contributed by atoms with E-state index < -0.39 is 10.1 Å². The summed E-state index contributed by atoms with van der Waals surface area (Å²) in [4.78, 5) is 7.85. The van der Waals surface area contributed by atoms with Crippen LogP contribution < -0.4 is 5.73 Å². The zero-order valence-corrected chi connectivity index (χ0v) is 7.49. The molecule has 72 valence electrons. The Bertz CT molecular complexity index is 357. The van der Waals surface area contributed by atoms with Crippen molar-refractivity contribution < 1.29 is 17.8 Å². The van der Waals surface area contributed by atoms with Crippen LogP contribution in [0.5, 0.6) is 0 Å². The molecular weight excluding hydrogens is 194 g/mol. The van der Waals surface area contributed by atoms with Crippen molar-refractivity contribution in [1.82, 2.24) is 0 Å². The second-order valence-corrected chi connectivity index (χ2v) is 3.47. The zero-order chi connectivity index (χ0) is 10.5. The number of nitrogens with two attached hydrogens (primary N) is 1. The van der Waals surface area contributed by atoms with E-state index in [2.05, 4.69) is 0 Å². The van der Waals surface area contributed by atoms with E-state index in [9.17, 15) is 8.42 Å². The third-order valence-electron chi connectivity index (χ3n) is 1.18. The number of hydrogen-bond acceptors (Lipinski definition) is 4. The first-order valence-corrected chi connectivity index (χ1v) is 4.56. The fourth-order valence-electron chi connectivity index (χ4n) is 0.640. The fourth-order valence-corrected chi connectivity index (χ4v) is 1.12. The molecule has 0 saturated heterocycles. The number of benzene rings is 1. The summed E-state index contributed by atoms with van der Waals surface area (Å²) in [5.74, 6) is 0. The molecule has 0 aromatic heterocycles. The molecule has 13 heavy (non-hydrogen) atoms. The molecule has 5 nitrogen and oxygen atoms in total. The highest BCUT2D eigenvalue weighted by Gasteiger charge is 2.06. The highest BCUT2D eigenvalue weighted by Crippen LogP contribution is 2.10. The Balaban J connectivity index is 0.000000671. The Morgan fingerprint density at radius 2 is 1.54 bits per heavy atom. The summed E-state index contributed by atoms with van der Waals surface area (Å²) in [6, 6.07) is 5.29. The Hall–Kier alpha value is -1.40. The van der Waals surface area contributed by atoms with Gasteiger partial charge in [-0.25, -0.2) is 0 Å². The van der Waals surface area contributed by atoms with Gasteiger partial charge in [0.1, 0.15) is 6.79 Å². The summed E-state index contributed by atoms with van der Waals surface area (Å²) in [7, 11) is -4.08. The summed E-state index contributed by atoms with van der Waals surface area (Å²) >= 11 is 0. The molecule has 6 heteroatoms. The lowest BCUT2D eigenvalue weighted by molar-refractivity contribution is -0.0979. The van der Waals surface area contributed by atoms with E-state index in [4.69, 9.17) is 15.1 Å². The normalized spacial score (nSPS) is 9.92. The van der Waals surface area contributed by atoms with Crippen molar-refractivity contribution in [3.63, 3.8) is 0 Å².